The lowest BCUT2D eigenvalue weighted by molar-refractivity contribution is 0.0931. The first-order chi connectivity index (χ1) is 14.5. The van der Waals surface area contributed by atoms with E-state index >= 15 is 0 Å². The van der Waals surface area contributed by atoms with Gasteiger partial charge in [-0.1, -0.05) is 48.6 Å². The van der Waals surface area contributed by atoms with Gasteiger partial charge in [-0.2, -0.15) is 0 Å². The predicted molar refractivity (Wildman–Crippen MR) is 123 cm³/mol. The van der Waals surface area contributed by atoms with Crippen molar-refractivity contribution in [1.29, 1.82) is 0 Å². The topological polar surface area (TPSA) is 72.9 Å². The number of nitrogens with two attached hydrogens (primary N) is 1. The number of carbonyl (C=O) groups is 1. The van der Waals surface area contributed by atoms with Crippen molar-refractivity contribution in [2.75, 3.05) is 0 Å². The second kappa shape index (κ2) is 8.47. The monoisotopic (exact) mass is 414 g/mol. The van der Waals surface area contributed by atoms with Gasteiger partial charge >= 0.3 is 0 Å². The van der Waals surface area contributed by atoms with Gasteiger partial charge in [0, 0.05) is 35.4 Å². The molecule has 4 aromatic rings. The number of rotatable bonds is 6. The Bertz CT molecular complexity index is 1220. The fraction of sp³-hybridized carbons (Fsp3) is 0.125. The number of para-hydroxylation sites is 1. The summed E-state index contributed by atoms with van der Waals surface area (Å²) in [5.41, 5.74) is 10.2. The van der Waals surface area contributed by atoms with E-state index in [1.54, 1.807) is 12.4 Å². The highest BCUT2D eigenvalue weighted by atomic mass is 32.1. The largest absolute Gasteiger partial charge is 0.389 e. The molecule has 2 aromatic carbocycles. The van der Waals surface area contributed by atoms with Gasteiger partial charge in [0.2, 0.25) is 0 Å². The lowest BCUT2D eigenvalue weighted by atomic mass is 10.1. The Balaban J connectivity index is 1.69. The van der Waals surface area contributed by atoms with Crippen molar-refractivity contribution in [3.63, 3.8) is 0 Å². The van der Waals surface area contributed by atoms with Gasteiger partial charge in [0.1, 0.15) is 10.7 Å². The van der Waals surface area contributed by atoms with E-state index in [0.717, 1.165) is 27.6 Å². The molecule has 0 aliphatic carbocycles. The highest BCUT2D eigenvalue weighted by Crippen LogP contribution is 2.23. The van der Waals surface area contributed by atoms with E-state index in [9.17, 15) is 4.79 Å². The zero-order valence-corrected chi connectivity index (χ0v) is 17.4. The van der Waals surface area contributed by atoms with Crippen molar-refractivity contribution < 1.29 is 4.79 Å². The fourth-order valence-corrected chi connectivity index (χ4v) is 3.71. The maximum atomic E-state index is 13.2. The van der Waals surface area contributed by atoms with E-state index in [1.165, 1.54) is 0 Å². The first kappa shape index (κ1) is 19.8. The standard InChI is InChI=1S/C24H22N4OS/c1-16(18-9-11-26-12-10-18)27-24(29)22-14-19-6-2-3-8-21(19)28(22)15-17-5-4-7-20(13-17)23(25)30/h2-14,16H,15H2,1H3,(H2,25,30)(H,27,29). The molecule has 150 valence electrons. The molecule has 0 saturated carbocycles. The number of pyridine rings is 1. The first-order valence-corrected chi connectivity index (χ1v) is 10.1. The molecule has 2 heterocycles. The summed E-state index contributed by atoms with van der Waals surface area (Å²) in [7, 11) is 0. The summed E-state index contributed by atoms with van der Waals surface area (Å²) < 4.78 is 2.03. The van der Waals surface area contributed by atoms with Gasteiger partial charge in [0.25, 0.3) is 5.91 Å². The average molecular weight is 415 g/mol. The molecule has 0 spiro atoms. The fourth-order valence-electron chi connectivity index (χ4n) is 3.58. The minimum absolute atomic E-state index is 0.124. The molecule has 4 rings (SSSR count). The molecule has 1 atom stereocenters. The molecule has 0 radical (unpaired) electrons. The highest BCUT2D eigenvalue weighted by molar-refractivity contribution is 7.80. The van der Waals surface area contributed by atoms with Gasteiger partial charge in [0.05, 0.1) is 6.04 Å². The van der Waals surface area contributed by atoms with Crippen LogP contribution in [0.25, 0.3) is 10.9 Å². The van der Waals surface area contributed by atoms with Gasteiger partial charge in [-0.05, 0) is 48.4 Å². The van der Waals surface area contributed by atoms with Crippen LogP contribution in [0.15, 0.2) is 79.1 Å². The number of fused-ring (bicyclic) bond motifs is 1. The smallest absolute Gasteiger partial charge is 0.268 e. The van der Waals surface area contributed by atoms with Crippen molar-refractivity contribution in [3.05, 3.63) is 102 Å². The van der Waals surface area contributed by atoms with Gasteiger partial charge < -0.3 is 15.6 Å². The normalized spacial score (nSPS) is 11.9. The molecule has 0 aliphatic rings. The molecular formula is C24H22N4OS. The molecule has 30 heavy (non-hydrogen) atoms. The van der Waals surface area contributed by atoms with Crippen LogP contribution in [0.1, 0.15) is 40.1 Å². The lowest BCUT2D eigenvalue weighted by Gasteiger charge is -2.16. The highest BCUT2D eigenvalue weighted by Gasteiger charge is 2.18. The number of hydrogen-bond acceptors (Lipinski definition) is 3. The summed E-state index contributed by atoms with van der Waals surface area (Å²) in [5.74, 6) is -0.124. The molecule has 0 fully saturated rings. The number of thiocarbonyl (C=S) groups is 1. The van der Waals surface area contributed by atoms with Crippen LogP contribution in [0.3, 0.4) is 0 Å². The van der Waals surface area contributed by atoms with Crippen LogP contribution in [-0.2, 0) is 6.54 Å². The molecule has 0 saturated heterocycles. The second-order valence-corrected chi connectivity index (χ2v) is 7.65. The Hall–Kier alpha value is -3.51. The van der Waals surface area contributed by atoms with E-state index in [2.05, 4.69) is 10.3 Å². The number of benzene rings is 2. The third-order valence-corrected chi connectivity index (χ3v) is 5.38. The lowest BCUT2D eigenvalue weighted by Crippen LogP contribution is -2.28. The summed E-state index contributed by atoms with van der Waals surface area (Å²) in [5, 5.41) is 4.12. The number of aromatic nitrogens is 2. The zero-order chi connectivity index (χ0) is 21.1. The van der Waals surface area contributed by atoms with Crippen LogP contribution >= 0.6 is 12.2 Å². The Labute approximate surface area is 180 Å². The summed E-state index contributed by atoms with van der Waals surface area (Å²) in [6, 6.07) is 21.4. The van der Waals surface area contributed by atoms with Gasteiger partial charge in [0.15, 0.2) is 0 Å². The van der Waals surface area contributed by atoms with Crippen LogP contribution in [0.5, 0.6) is 0 Å². The van der Waals surface area contributed by atoms with Crippen molar-refractivity contribution in [2.45, 2.75) is 19.5 Å². The Morgan fingerprint density at radius 2 is 1.87 bits per heavy atom. The summed E-state index contributed by atoms with van der Waals surface area (Å²) in [6.45, 7) is 2.50. The van der Waals surface area contributed by atoms with Crippen molar-refractivity contribution in [2.24, 2.45) is 5.73 Å². The van der Waals surface area contributed by atoms with Crippen LogP contribution in [0, 0.1) is 0 Å². The number of nitrogens with one attached hydrogen (secondary N) is 1. The van der Waals surface area contributed by atoms with Crippen molar-refractivity contribution >= 4 is 34.0 Å². The van der Waals surface area contributed by atoms with Crippen molar-refractivity contribution in [1.82, 2.24) is 14.9 Å². The molecule has 0 bridgehead atoms. The first-order valence-electron chi connectivity index (χ1n) is 9.71. The van der Waals surface area contributed by atoms with Crippen LogP contribution in [0.4, 0.5) is 0 Å². The van der Waals surface area contributed by atoms with E-state index in [-0.39, 0.29) is 11.9 Å². The molecule has 2 aromatic heterocycles. The molecule has 5 nitrogen and oxygen atoms in total. The van der Waals surface area contributed by atoms with E-state index < -0.39 is 0 Å². The maximum absolute atomic E-state index is 13.2. The van der Waals surface area contributed by atoms with E-state index in [0.29, 0.717) is 17.2 Å². The Morgan fingerprint density at radius 3 is 2.63 bits per heavy atom. The zero-order valence-electron chi connectivity index (χ0n) is 16.6. The summed E-state index contributed by atoms with van der Waals surface area (Å²) in [6.07, 6.45) is 3.45. The molecule has 1 unspecified atom stereocenters. The molecular weight excluding hydrogens is 392 g/mol. The second-order valence-electron chi connectivity index (χ2n) is 7.21. The SMILES string of the molecule is CC(NC(=O)c1cc2ccccc2n1Cc1cccc(C(N)=S)c1)c1ccncc1. The third kappa shape index (κ3) is 4.09. The minimum atomic E-state index is -0.134. The van der Waals surface area contributed by atoms with Crippen LogP contribution < -0.4 is 11.1 Å². The quantitative estimate of drug-likeness (QED) is 0.464. The predicted octanol–water partition coefficient (Wildman–Crippen LogP) is 4.21. The Kier molecular flexibility index (Phi) is 5.59. The minimum Gasteiger partial charge on any atom is -0.389 e. The van der Waals surface area contributed by atoms with Gasteiger partial charge in [-0.25, -0.2) is 0 Å². The molecule has 1 amide bonds. The van der Waals surface area contributed by atoms with Gasteiger partial charge in [-0.15, -0.1) is 0 Å². The molecule has 6 heteroatoms. The average Bonchev–Trinajstić information content (AvgIpc) is 3.13. The number of hydrogen-bond donors (Lipinski definition) is 2. The van der Waals surface area contributed by atoms with Crippen LogP contribution in [0.2, 0.25) is 0 Å². The summed E-state index contributed by atoms with van der Waals surface area (Å²) >= 11 is 5.11. The number of amides is 1. The number of carbonyl (C=O) groups excluding carboxylic acids is 1. The number of nitrogens with zero attached hydrogens (tertiary/aromatic N) is 2. The van der Waals surface area contributed by atoms with Gasteiger partial charge in [-0.3, -0.25) is 9.78 Å². The van der Waals surface area contributed by atoms with Crippen molar-refractivity contribution in [3.8, 4) is 0 Å². The van der Waals surface area contributed by atoms with Crippen LogP contribution in [-0.4, -0.2) is 20.4 Å². The molecule has 0 aliphatic heterocycles. The maximum Gasteiger partial charge on any atom is 0.268 e. The van der Waals surface area contributed by atoms with E-state index in [4.69, 9.17) is 18.0 Å². The van der Waals surface area contributed by atoms with E-state index in [1.807, 2.05) is 78.2 Å². The molecule has 3 N–H and O–H groups in total. The Morgan fingerprint density at radius 1 is 1.10 bits per heavy atom. The summed E-state index contributed by atoms with van der Waals surface area (Å²) in [4.78, 5) is 17.6. The third-order valence-electron chi connectivity index (χ3n) is 5.15.